The van der Waals surface area contributed by atoms with Gasteiger partial charge in [0.1, 0.15) is 5.75 Å². The summed E-state index contributed by atoms with van der Waals surface area (Å²) in [6.07, 6.45) is 1.48. The second-order valence-corrected chi connectivity index (χ2v) is 6.58. The summed E-state index contributed by atoms with van der Waals surface area (Å²) < 4.78 is 11.0. The lowest BCUT2D eigenvalue weighted by Gasteiger charge is -2.39. The van der Waals surface area contributed by atoms with Crippen LogP contribution in [0.2, 0.25) is 0 Å². The predicted octanol–water partition coefficient (Wildman–Crippen LogP) is 3.39. The molecule has 1 atom stereocenters. The number of nitrogens with one attached hydrogen (secondary N) is 1. The van der Waals surface area contributed by atoms with Gasteiger partial charge in [0, 0.05) is 12.1 Å². The highest BCUT2D eigenvalue weighted by Crippen LogP contribution is 2.42. The predicted molar refractivity (Wildman–Crippen MR) is 96.4 cm³/mol. The van der Waals surface area contributed by atoms with Crippen LogP contribution in [0.3, 0.4) is 0 Å². The molecule has 1 unspecified atom stereocenters. The molecule has 1 saturated heterocycles. The molecule has 1 spiro atoms. The van der Waals surface area contributed by atoms with E-state index in [4.69, 9.17) is 9.47 Å². The molecular formula is C20H20N2O4. The topological polar surface area (TPSA) is 67.9 Å². The summed E-state index contributed by atoms with van der Waals surface area (Å²) >= 11 is 0. The van der Waals surface area contributed by atoms with Gasteiger partial charge < -0.3 is 19.7 Å². The normalized spacial score (nSPS) is 21.3. The molecule has 2 aliphatic heterocycles. The van der Waals surface area contributed by atoms with Crippen LogP contribution < -0.4 is 10.1 Å². The minimum absolute atomic E-state index is 0.228. The third-order valence-electron chi connectivity index (χ3n) is 5.02. The van der Waals surface area contributed by atoms with Crippen molar-refractivity contribution < 1.29 is 19.1 Å². The second-order valence-electron chi connectivity index (χ2n) is 6.58. The minimum atomic E-state index is -0.746. The Morgan fingerprint density at radius 3 is 2.81 bits per heavy atom. The van der Waals surface area contributed by atoms with E-state index in [1.165, 1.54) is 0 Å². The zero-order chi connectivity index (χ0) is 18.1. The lowest BCUT2D eigenvalue weighted by molar-refractivity contribution is -0.0400. The molecule has 0 radical (unpaired) electrons. The van der Waals surface area contributed by atoms with Crippen LogP contribution in [0.5, 0.6) is 5.75 Å². The number of amides is 2. The molecular weight excluding hydrogens is 332 g/mol. The minimum Gasteiger partial charge on any atom is -0.495 e. The Hall–Kier alpha value is -3.02. The number of para-hydroxylation sites is 2. The fraction of sp³-hybridized carbons (Fsp3) is 0.300. The van der Waals surface area contributed by atoms with E-state index in [9.17, 15) is 9.59 Å². The van der Waals surface area contributed by atoms with Gasteiger partial charge in [-0.2, -0.15) is 0 Å². The van der Waals surface area contributed by atoms with Crippen LogP contribution in [-0.4, -0.2) is 37.1 Å². The first-order valence-electron chi connectivity index (χ1n) is 8.65. The van der Waals surface area contributed by atoms with Gasteiger partial charge in [0.25, 0.3) is 0 Å². The van der Waals surface area contributed by atoms with E-state index < -0.39 is 5.60 Å². The van der Waals surface area contributed by atoms with Crippen molar-refractivity contribution in [3.8, 4) is 5.75 Å². The van der Waals surface area contributed by atoms with Gasteiger partial charge in [-0.05, 0) is 31.0 Å². The van der Waals surface area contributed by atoms with Gasteiger partial charge in [0.15, 0.2) is 5.60 Å². The summed E-state index contributed by atoms with van der Waals surface area (Å²) in [4.78, 5) is 26.7. The van der Waals surface area contributed by atoms with Crippen LogP contribution in [0.25, 0.3) is 0 Å². The van der Waals surface area contributed by atoms with Crippen LogP contribution in [0.15, 0.2) is 48.5 Å². The number of methoxy groups -OCH3 is 1. The average Bonchev–Trinajstić information content (AvgIpc) is 2.94. The molecule has 134 valence electrons. The van der Waals surface area contributed by atoms with Crippen LogP contribution in [0.4, 0.5) is 10.5 Å². The Morgan fingerprint density at radius 2 is 1.96 bits per heavy atom. The Kier molecular flexibility index (Phi) is 4.03. The summed E-state index contributed by atoms with van der Waals surface area (Å²) in [5.41, 5.74) is 1.34. The number of hydrogen-bond donors (Lipinski definition) is 1. The first-order chi connectivity index (χ1) is 12.6. The third kappa shape index (κ3) is 2.67. The molecule has 2 amide bonds. The van der Waals surface area contributed by atoms with Crippen LogP contribution in [-0.2, 0) is 10.3 Å². The zero-order valence-electron chi connectivity index (χ0n) is 14.5. The third-order valence-corrected chi connectivity index (χ3v) is 5.02. The number of piperidine rings is 1. The van der Waals surface area contributed by atoms with Gasteiger partial charge in [-0.3, -0.25) is 0 Å². The van der Waals surface area contributed by atoms with Crippen LogP contribution in [0, 0.1) is 0 Å². The molecule has 2 aromatic carbocycles. The van der Waals surface area contributed by atoms with Gasteiger partial charge >= 0.3 is 12.0 Å². The summed E-state index contributed by atoms with van der Waals surface area (Å²) in [6.45, 7) is 0.958. The molecule has 2 heterocycles. The number of fused-ring (bicyclic) bond motifs is 2. The number of nitrogens with zero attached hydrogens (tertiary/aromatic N) is 1. The summed E-state index contributed by atoms with van der Waals surface area (Å²) in [7, 11) is 1.57. The monoisotopic (exact) mass is 352 g/mol. The number of ether oxygens (including phenoxy) is 2. The molecule has 0 bridgehead atoms. The molecule has 2 aliphatic rings. The maximum atomic E-state index is 12.8. The number of urea groups is 1. The first kappa shape index (κ1) is 16.4. The number of likely N-dealkylation sites (tertiary alicyclic amines) is 1. The molecule has 4 rings (SSSR count). The quantitative estimate of drug-likeness (QED) is 0.841. The Labute approximate surface area is 151 Å². The number of carbonyl (C=O) groups is 2. The average molecular weight is 352 g/mol. The van der Waals surface area contributed by atoms with Crippen molar-refractivity contribution in [2.45, 2.75) is 18.4 Å². The van der Waals surface area contributed by atoms with Gasteiger partial charge in [0.2, 0.25) is 0 Å². The largest absolute Gasteiger partial charge is 0.495 e. The molecule has 6 heteroatoms. The van der Waals surface area contributed by atoms with E-state index in [1.54, 1.807) is 30.2 Å². The fourth-order valence-corrected chi connectivity index (χ4v) is 3.79. The Morgan fingerprint density at radius 1 is 1.19 bits per heavy atom. The molecule has 1 N–H and O–H groups in total. The molecule has 0 saturated carbocycles. The second kappa shape index (κ2) is 6.37. The van der Waals surface area contributed by atoms with E-state index in [0.29, 0.717) is 36.5 Å². The van der Waals surface area contributed by atoms with Gasteiger partial charge in [0.05, 0.1) is 24.9 Å². The van der Waals surface area contributed by atoms with E-state index in [-0.39, 0.29) is 12.0 Å². The van der Waals surface area contributed by atoms with E-state index in [1.807, 2.05) is 30.3 Å². The number of anilines is 1. The maximum absolute atomic E-state index is 12.8. The smallest absolute Gasteiger partial charge is 0.339 e. The highest BCUT2D eigenvalue weighted by Gasteiger charge is 2.48. The molecule has 1 fully saturated rings. The molecule has 0 aromatic heterocycles. The van der Waals surface area contributed by atoms with Crippen molar-refractivity contribution in [1.29, 1.82) is 0 Å². The lowest BCUT2D eigenvalue weighted by Crippen LogP contribution is -2.50. The highest BCUT2D eigenvalue weighted by atomic mass is 16.6. The van der Waals surface area contributed by atoms with Gasteiger partial charge in [-0.15, -0.1) is 0 Å². The van der Waals surface area contributed by atoms with E-state index in [2.05, 4.69) is 5.32 Å². The van der Waals surface area contributed by atoms with Gasteiger partial charge in [-0.1, -0.05) is 30.3 Å². The number of benzene rings is 2. The van der Waals surface area contributed by atoms with Crippen molar-refractivity contribution in [3.05, 3.63) is 59.7 Å². The van der Waals surface area contributed by atoms with Crippen molar-refractivity contribution in [3.63, 3.8) is 0 Å². The lowest BCUT2D eigenvalue weighted by atomic mass is 9.85. The van der Waals surface area contributed by atoms with Crippen molar-refractivity contribution in [2.24, 2.45) is 0 Å². The van der Waals surface area contributed by atoms with Crippen molar-refractivity contribution >= 4 is 17.7 Å². The standard InChI is InChI=1S/C20H20N2O4/c1-25-17-10-5-4-9-16(17)21-19(24)22-12-6-11-20(13-22)15-8-3-2-7-14(15)18(23)26-20/h2-5,7-10H,6,11-13H2,1H3,(H,21,24). The maximum Gasteiger partial charge on any atom is 0.339 e. The van der Waals surface area contributed by atoms with E-state index >= 15 is 0 Å². The van der Waals surface area contributed by atoms with Crippen molar-refractivity contribution in [1.82, 2.24) is 4.90 Å². The molecule has 26 heavy (non-hydrogen) atoms. The number of esters is 1. The van der Waals surface area contributed by atoms with Crippen LogP contribution in [0.1, 0.15) is 28.8 Å². The highest BCUT2D eigenvalue weighted by molar-refractivity contribution is 5.95. The number of rotatable bonds is 2. The Bertz CT molecular complexity index is 866. The number of carbonyl (C=O) groups excluding carboxylic acids is 2. The van der Waals surface area contributed by atoms with Crippen molar-refractivity contribution in [2.75, 3.05) is 25.5 Å². The first-order valence-corrected chi connectivity index (χ1v) is 8.65. The Balaban J connectivity index is 1.56. The van der Waals surface area contributed by atoms with Crippen LogP contribution >= 0.6 is 0 Å². The SMILES string of the molecule is COc1ccccc1NC(=O)N1CCCC2(C1)OC(=O)c1ccccc12. The van der Waals surface area contributed by atoms with E-state index in [0.717, 1.165) is 12.0 Å². The molecule has 2 aromatic rings. The summed E-state index contributed by atoms with van der Waals surface area (Å²) in [5, 5.41) is 2.89. The molecule has 0 aliphatic carbocycles. The summed E-state index contributed by atoms with van der Waals surface area (Å²) in [5.74, 6) is 0.290. The number of hydrogen-bond acceptors (Lipinski definition) is 4. The zero-order valence-corrected chi connectivity index (χ0v) is 14.5. The van der Waals surface area contributed by atoms with Gasteiger partial charge in [-0.25, -0.2) is 9.59 Å². The fourth-order valence-electron chi connectivity index (χ4n) is 3.79. The summed E-state index contributed by atoms with van der Waals surface area (Å²) in [6, 6.07) is 14.5. The molecule has 6 nitrogen and oxygen atoms in total.